The van der Waals surface area contributed by atoms with Crippen molar-refractivity contribution in [1.29, 1.82) is 0 Å². The molecule has 1 aliphatic rings. The summed E-state index contributed by atoms with van der Waals surface area (Å²) in [4.78, 5) is 21.1. The second-order valence-corrected chi connectivity index (χ2v) is 3.13. The Kier molecular flexibility index (Phi) is 3.70. The van der Waals surface area contributed by atoms with Crippen LogP contribution in [-0.4, -0.2) is 31.6 Å². The molecule has 0 saturated carbocycles. The quantitative estimate of drug-likeness (QED) is 0.543. The van der Waals surface area contributed by atoms with E-state index in [0.717, 1.165) is 26.1 Å². The lowest BCUT2D eigenvalue weighted by molar-refractivity contribution is -0.137. The highest BCUT2D eigenvalue weighted by atomic mass is 16.5. The van der Waals surface area contributed by atoms with Crippen molar-refractivity contribution in [2.24, 2.45) is 11.7 Å². The standard InChI is InChI=1S/C8H14N2O3/c9-7(11)8(12)10-5-6-1-3-13-4-2-6/h6H,1-5H2,(H2,9,11)(H,10,12). The fourth-order valence-corrected chi connectivity index (χ4v) is 1.27. The fourth-order valence-electron chi connectivity index (χ4n) is 1.27. The van der Waals surface area contributed by atoms with E-state index in [-0.39, 0.29) is 0 Å². The van der Waals surface area contributed by atoms with Gasteiger partial charge in [-0.2, -0.15) is 0 Å². The molecule has 5 nitrogen and oxygen atoms in total. The molecular weight excluding hydrogens is 172 g/mol. The molecule has 0 aromatic rings. The maximum Gasteiger partial charge on any atom is 0.309 e. The zero-order valence-corrected chi connectivity index (χ0v) is 7.41. The summed E-state index contributed by atoms with van der Waals surface area (Å²) in [6.45, 7) is 1.99. The highest BCUT2D eigenvalue weighted by molar-refractivity contribution is 6.34. The topological polar surface area (TPSA) is 81.4 Å². The van der Waals surface area contributed by atoms with Crippen LogP contribution in [-0.2, 0) is 14.3 Å². The molecule has 0 aromatic heterocycles. The van der Waals surface area contributed by atoms with Crippen LogP contribution in [0.1, 0.15) is 12.8 Å². The first-order valence-corrected chi connectivity index (χ1v) is 4.35. The van der Waals surface area contributed by atoms with Crippen LogP contribution >= 0.6 is 0 Å². The molecule has 0 atom stereocenters. The van der Waals surface area contributed by atoms with Crippen LogP contribution in [0.5, 0.6) is 0 Å². The Morgan fingerprint density at radius 1 is 1.38 bits per heavy atom. The minimum absolute atomic E-state index is 0.414. The van der Waals surface area contributed by atoms with Gasteiger partial charge in [0.05, 0.1) is 0 Å². The zero-order chi connectivity index (χ0) is 9.68. The van der Waals surface area contributed by atoms with E-state index < -0.39 is 11.8 Å². The van der Waals surface area contributed by atoms with Crippen molar-refractivity contribution in [3.05, 3.63) is 0 Å². The largest absolute Gasteiger partial charge is 0.381 e. The number of carbonyl (C=O) groups is 2. The summed E-state index contributed by atoms with van der Waals surface area (Å²) in [6, 6.07) is 0. The van der Waals surface area contributed by atoms with E-state index in [1.807, 2.05) is 0 Å². The third-order valence-electron chi connectivity index (χ3n) is 2.12. The minimum atomic E-state index is -0.924. The SMILES string of the molecule is NC(=O)C(=O)NCC1CCOCC1. The summed E-state index contributed by atoms with van der Waals surface area (Å²) >= 11 is 0. The molecule has 0 spiro atoms. The second-order valence-electron chi connectivity index (χ2n) is 3.13. The molecule has 1 saturated heterocycles. The van der Waals surface area contributed by atoms with E-state index >= 15 is 0 Å². The van der Waals surface area contributed by atoms with Gasteiger partial charge in [-0.1, -0.05) is 0 Å². The first-order chi connectivity index (χ1) is 6.20. The Balaban J connectivity index is 2.17. The molecular formula is C8H14N2O3. The summed E-state index contributed by atoms with van der Waals surface area (Å²) in [7, 11) is 0. The van der Waals surface area contributed by atoms with Crippen LogP contribution in [0.15, 0.2) is 0 Å². The predicted octanol–water partition coefficient (Wildman–Crippen LogP) is -0.986. The Labute approximate surface area is 76.6 Å². The van der Waals surface area contributed by atoms with Gasteiger partial charge in [0, 0.05) is 19.8 Å². The summed E-state index contributed by atoms with van der Waals surface area (Å²) in [5.74, 6) is -1.21. The summed E-state index contributed by atoms with van der Waals surface area (Å²) in [5, 5.41) is 2.48. The molecule has 0 aliphatic carbocycles. The lowest BCUT2D eigenvalue weighted by Gasteiger charge is -2.21. The lowest BCUT2D eigenvalue weighted by Crippen LogP contribution is -2.39. The number of primary amides is 1. The first kappa shape index (κ1) is 9.98. The Bertz CT molecular complexity index is 200. The van der Waals surface area contributed by atoms with Crippen molar-refractivity contribution in [3.8, 4) is 0 Å². The monoisotopic (exact) mass is 186 g/mol. The van der Waals surface area contributed by atoms with Crippen LogP contribution < -0.4 is 11.1 Å². The van der Waals surface area contributed by atoms with Gasteiger partial charge in [-0.25, -0.2) is 0 Å². The van der Waals surface area contributed by atoms with Crippen LogP contribution in [0.25, 0.3) is 0 Å². The molecule has 13 heavy (non-hydrogen) atoms. The van der Waals surface area contributed by atoms with Crippen LogP contribution in [0.2, 0.25) is 0 Å². The third-order valence-corrected chi connectivity index (χ3v) is 2.12. The minimum Gasteiger partial charge on any atom is -0.381 e. The average molecular weight is 186 g/mol. The van der Waals surface area contributed by atoms with Crippen molar-refractivity contribution < 1.29 is 14.3 Å². The molecule has 1 fully saturated rings. The molecule has 0 unspecified atom stereocenters. The van der Waals surface area contributed by atoms with Gasteiger partial charge in [0.15, 0.2) is 0 Å². The number of nitrogens with one attached hydrogen (secondary N) is 1. The van der Waals surface area contributed by atoms with Crippen molar-refractivity contribution in [1.82, 2.24) is 5.32 Å². The number of hydrogen-bond donors (Lipinski definition) is 2. The summed E-state index contributed by atoms with van der Waals surface area (Å²) < 4.78 is 5.15. The van der Waals surface area contributed by atoms with E-state index in [4.69, 9.17) is 10.5 Å². The molecule has 2 amide bonds. The normalized spacial score (nSPS) is 18.2. The van der Waals surface area contributed by atoms with E-state index in [1.54, 1.807) is 0 Å². The van der Waals surface area contributed by atoms with E-state index in [9.17, 15) is 9.59 Å². The highest BCUT2D eigenvalue weighted by Gasteiger charge is 2.15. The van der Waals surface area contributed by atoms with Crippen LogP contribution in [0, 0.1) is 5.92 Å². The van der Waals surface area contributed by atoms with E-state index in [2.05, 4.69) is 5.32 Å². The number of rotatable bonds is 2. The van der Waals surface area contributed by atoms with Crippen molar-refractivity contribution in [2.45, 2.75) is 12.8 Å². The molecule has 0 radical (unpaired) electrons. The average Bonchev–Trinajstić information content (AvgIpc) is 2.15. The predicted molar refractivity (Wildman–Crippen MR) is 45.7 cm³/mol. The van der Waals surface area contributed by atoms with Crippen molar-refractivity contribution >= 4 is 11.8 Å². The molecule has 0 aromatic carbocycles. The molecule has 5 heteroatoms. The molecule has 3 N–H and O–H groups in total. The zero-order valence-electron chi connectivity index (χ0n) is 7.41. The Hall–Kier alpha value is -1.10. The molecule has 1 rings (SSSR count). The number of carbonyl (C=O) groups excluding carboxylic acids is 2. The molecule has 1 aliphatic heterocycles. The van der Waals surface area contributed by atoms with Gasteiger partial charge in [0.25, 0.3) is 0 Å². The molecule has 1 heterocycles. The number of ether oxygens (including phenoxy) is 1. The maximum absolute atomic E-state index is 10.8. The van der Waals surface area contributed by atoms with Crippen LogP contribution in [0.3, 0.4) is 0 Å². The van der Waals surface area contributed by atoms with Gasteiger partial charge in [0.2, 0.25) is 0 Å². The second kappa shape index (κ2) is 4.81. The molecule has 0 bridgehead atoms. The van der Waals surface area contributed by atoms with E-state index in [0.29, 0.717) is 12.5 Å². The lowest BCUT2D eigenvalue weighted by atomic mass is 10.0. The van der Waals surface area contributed by atoms with Crippen LogP contribution in [0.4, 0.5) is 0 Å². The maximum atomic E-state index is 10.8. The first-order valence-electron chi connectivity index (χ1n) is 4.35. The number of amides is 2. The molecule has 74 valence electrons. The fraction of sp³-hybridized carbons (Fsp3) is 0.750. The van der Waals surface area contributed by atoms with Gasteiger partial charge < -0.3 is 15.8 Å². The summed E-state index contributed by atoms with van der Waals surface area (Å²) in [5.41, 5.74) is 4.78. The Morgan fingerprint density at radius 2 is 2.00 bits per heavy atom. The van der Waals surface area contributed by atoms with Gasteiger partial charge in [-0.05, 0) is 18.8 Å². The number of hydrogen-bond acceptors (Lipinski definition) is 3. The van der Waals surface area contributed by atoms with Gasteiger partial charge in [-0.3, -0.25) is 9.59 Å². The summed E-state index contributed by atoms with van der Waals surface area (Å²) in [6.07, 6.45) is 1.86. The number of nitrogens with two attached hydrogens (primary N) is 1. The van der Waals surface area contributed by atoms with Gasteiger partial charge >= 0.3 is 11.8 Å². The third kappa shape index (κ3) is 3.42. The van der Waals surface area contributed by atoms with Gasteiger partial charge in [0.1, 0.15) is 0 Å². The van der Waals surface area contributed by atoms with Gasteiger partial charge in [-0.15, -0.1) is 0 Å². The van der Waals surface area contributed by atoms with E-state index in [1.165, 1.54) is 0 Å². The van der Waals surface area contributed by atoms with Crippen molar-refractivity contribution in [3.63, 3.8) is 0 Å². The highest BCUT2D eigenvalue weighted by Crippen LogP contribution is 2.12. The van der Waals surface area contributed by atoms with Crippen molar-refractivity contribution in [2.75, 3.05) is 19.8 Å². The Morgan fingerprint density at radius 3 is 2.54 bits per heavy atom. The smallest absolute Gasteiger partial charge is 0.309 e.